The minimum absolute atomic E-state index is 0.283. The largest absolute Gasteiger partial charge is 0.328 e. The average molecular weight is 242 g/mol. The Bertz CT molecular complexity index is 585. The lowest BCUT2D eigenvalue weighted by atomic mass is 10.0. The van der Waals surface area contributed by atoms with Crippen LogP contribution in [0.3, 0.4) is 0 Å². The third-order valence-electron chi connectivity index (χ3n) is 3.98. The van der Waals surface area contributed by atoms with E-state index in [-0.39, 0.29) is 5.92 Å². The zero-order valence-electron chi connectivity index (χ0n) is 10.7. The predicted molar refractivity (Wildman–Crippen MR) is 71.4 cm³/mol. The van der Waals surface area contributed by atoms with Gasteiger partial charge in [-0.3, -0.25) is 4.79 Å². The van der Waals surface area contributed by atoms with Gasteiger partial charge in [0.1, 0.15) is 11.6 Å². The van der Waals surface area contributed by atoms with Gasteiger partial charge in [-0.1, -0.05) is 12.1 Å². The first kappa shape index (κ1) is 11.5. The summed E-state index contributed by atoms with van der Waals surface area (Å²) in [5.41, 5.74) is 2.23. The molecular weight excluding hydrogens is 224 g/mol. The molecule has 1 heterocycles. The molecule has 3 rings (SSSR count). The summed E-state index contributed by atoms with van der Waals surface area (Å²) in [5.74, 6) is 1.78. The van der Waals surface area contributed by atoms with Gasteiger partial charge in [0.15, 0.2) is 0 Å². The number of carbonyl (C=O) groups excluding carboxylic acids is 1. The molecule has 94 valence electrons. The fourth-order valence-electron chi connectivity index (χ4n) is 2.96. The highest BCUT2D eigenvalue weighted by molar-refractivity contribution is 5.82. The number of benzene rings is 1. The van der Waals surface area contributed by atoms with E-state index in [1.54, 1.807) is 0 Å². The molecule has 0 amide bonds. The van der Waals surface area contributed by atoms with Crippen LogP contribution in [0.2, 0.25) is 0 Å². The second kappa shape index (κ2) is 4.56. The van der Waals surface area contributed by atoms with Gasteiger partial charge in [0, 0.05) is 18.9 Å². The van der Waals surface area contributed by atoms with Gasteiger partial charge in [-0.05, 0) is 38.3 Å². The first-order valence-electron chi connectivity index (χ1n) is 6.70. The van der Waals surface area contributed by atoms with Gasteiger partial charge in [0.2, 0.25) is 0 Å². The molecule has 1 unspecified atom stereocenters. The molecule has 3 nitrogen and oxygen atoms in total. The molecule has 1 fully saturated rings. The number of aryl methyl sites for hydroxylation is 2. The molecule has 1 aliphatic carbocycles. The molecule has 0 saturated heterocycles. The number of carbonyl (C=O) groups is 1. The number of para-hydroxylation sites is 2. The van der Waals surface area contributed by atoms with E-state index >= 15 is 0 Å². The van der Waals surface area contributed by atoms with Crippen molar-refractivity contribution in [1.82, 2.24) is 9.55 Å². The molecular formula is C15H18N2O. The average Bonchev–Trinajstić information content (AvgIpc) is 2.90. The fourth-order valence-corrected chi connectivity index (χ4v) is 2.96. The van der Waals surface area contributed by atoms with Crippen LogP contribution in [0.4, 0.5) is 0 Å². The van der Waals surface area contributed by atoms with Crippen molar-refractivity contribution in [2.45, 2.75) is 39.2 Å². The maximum Gasteiger partial charge on any atom is 0.136 e. The number of hydrogen-bond donors (Lipinski definition) is 0. The van der Waals surface area contributed by atoms with Crippen LogP contribution in [0.25, 0.3) is 11.0 Å². The van der Waals surface area contributed by atoms with Gasteiger partial charge in [0.05, 0.1) is 11.0 Å². The first-order chi connectivity index (χ1) is 8.75. The molecule has 1 aromatic carbocycles. The quantitative estimate of drug-likeness (QED) is 0.829. The lowest BCUT2D eigenvalue weighted by Gasteiger charge is -2.10. The van der Waals surface area contributed by atoms with Crippen molar-refractivity contribution in [3.8, 4) is 0 Å². The van der Waals surface area contributed by atoms with Gasteiger partial charge in [0.25, 0.3) is 0 Å². The summed E-state index contributed by atoms with van der Waals surface area (Å²) in [5, 5.41) is 0. The Morgan fingerprint density at radius 1 is 1.39 bits per heavy atom. The van der Waals surface area contributed by atoms with Gasteiger partial charge in [-0.2, -0.15) is 0 Å². The molecule has 2 aromatic rings. The Kier molecular flexibility index (Phi) is 2.90. The van der Waals surface area contributed by atoms with Gasteiger partial charge < -0.3 is 4.57 Å². The van der Waals surface area contributed by atoms with Gasteiger partial charge in [-0.25, -0.2) is 4.98 Å². The highest BCUT2D eigenvalue weighted by Crippen LogP contribution is 2.26. The van der Waals surface area contributed by atoms with Crippen molar-refractivity contribution in [3.63, 3.8) is 0 Å². The number of imidazole rings is 1. The minimum atomic E-state index is 0.283. The lowest BCUT2D eigenvalue weighted by Crippen LogP contribution is -2.11. The minimum Gasteiger partial charge on any atom is -0.328 e. The van der Waals surface area contributed by atoms with E-state index in [1.807, 2.05) is 25.1 Å². The zero-order chi connectivity index (χ0) is 12.5. The Balaban J connectivity index is 1.82. The summed E-state index contributed by atoms with van der Waals surface area (Å²) in [6.07, 6.45) is 3.89. The van der Waals surface area contributed by atoms with Crippen molar-refractivity contribution < 1.29 is 4.79 Å². The Hall–Kier alpha value is -1.64. The van der Waals surface area contributed by atoms with Crippen molar-refractivity contribution >= 4 is 16.8 Å². The van der Waals surface area contributed by atoms with E-state index in [4.69, 9.17) is 0 Å². The molecule has 1 atom stereocenters. The summed E-state index contributed by atoms with van der Waals surface area (Å²) in [4.78, 5) is 16.2. The topological polar surface area (TPSA) is 34.9 Å². The normalized spacial score (nSPS) is 19.8. The maximum absolute atomic E-state index is 11.7. The predicted octanol–water partition coefficient (Wildman–Crippen LogP) is 3.10. The summed E-state index contributed by atoms with van der Waals surface area (Å²) in [6, 6.07) is 8.20. The van der Waals surface area contributed by atoms with Crippen molar-refractivity contribution in [2.24, 2.45) is 5.92 Å². The highest BCUT2D eigenvalue weighted by atomic mass is 16.1. The number of Topliss-reactive ketones (excluding diaryl/α,β-unsaturated/α-hetero) is 1. The van der Waals surface area contributed by atoms with E-state index in [0.29, 0.717) is 5.78 Å². The molecule has 0 aliphatic heterocycles. The van der Waals surface area contributed by atoms with Gasteiger partial charge >= 0.3 is 0 Å². The van der Waals surface area contributed by atoms with Crippen LogP contribution in [0.1, 0.15) is 31.5 Å². The zero-order valence-corrected chi connectivity index (χ0v) is 10.7. The number of fused-ring (bicyclic) bond motifs is 1. The molecule has 0 N–H and O–H groups in total. The number of aromatic nitrogens is 2. The molecule has 0 radical (unpaired) electrons. The summed E-state index contributed by atoms with van der Waals surface area (Å²) < 4.78 is 2.24. The van der Waals surface area contributed by atoms with E-state index in [2.05, 4.69) is 15.6 Å². The lowest BCUT2D eigenvalue weighted by molar-refractivity contribution is -0.120. The molecule has 1 saturated carbocycles. The third-order valence-corrected chi connectivity index (χ3v) is 3.98. The second-order valence-electron chi connectivity index (χ2n) is 5.14. The van der Waals surface area contributed by atoms with Crippen molar-refractivity contribution in [2.75, 3.05) is 0 Å². The third kappa shape index (κ3) is 1.94. The smallest absolute Gasteiger partial charge is 0.136 e. The standard InChI is InChI=1S/C15H18N2O/c1-11-16-13-6-2-3-7-14(13)17(11)10-9-12-5-4-8-15(12)18/h2-3,6-7,12H,4-5,8-10H2,1H3. The number of rotatable bonds is 3. The van der Waals surface area contributed by atoms with E-state index in [1.165, 1.54) is 5.52 Å². The molecule has 1 aliphatic rings. The number of hydrogen-bond acceptors (Lipinski definition) is 2. The second-order valence-corrected chi connectivity index (χ2v) is 5.14. The van der Waals surface area contributed by atoms with Crippen LogP contribution in [-0.2, 0) is 11.3 Å². The van der Waals surface area contributed by atoms with Crippen LogP contribution in [0, 0.1) is 12.8 Å². The number of ketones is 1. The van der Waals surface area contributed by atoms with Crippen LogP contribution < -0.4 is 0 Å². The van der Waals surface area contributed by atoms with Crippen molar-refractivity contribution in [3.05, 3.63) is 30.1 Å². The first-order valence-corrected chi connectivity index (χ1v) is 6.70. The molecule has 0 spiro atoms. The van der Waals surface area contributed by atoms with E-state index < -0.39 is 0 Å². The molecule has 0 bridgehead atoms. The van der Waals surface area contributed by atoms with Crippen LogP contribution in [0.15, 0.2) is 24.3 Å². The van der Waals surface area contributed by atoms with Gasteiger partial charge in [-0.15, -0.1) is 0 Å². The summed E-state index contributed by atoms with van der Waals surface area (Å²) >= 11 is 0. The van der Waals surface area contributed by atoms with E-state index in [0.717, 1.165) is 43.6 Å². The maximum atomic E-state index is 11.7. The monoisotopic (exact) mass is 242 g/mol. The van der Waals surface area contributed by atoms with Crippen LogP contribution in [0.5, 0.6) is 0 Å². The Labute approximate surface area is 107 Å². The molecule has 18 heavy (non-hydrogen) atoms. The van der Waals surface area contributed by atoms with Crippen LogP contribution >= 0.6 is 0 Å². The Morgan fingerprint density at radius 2 is 2.22 bits per heavy atom. The summed E-state index contributed by atoms with van der Waals surface area (Å²) in [6.45, 7) is 2.94. The molecule has 3 heteroatoms. The van der Waals surface area contributed by atoms with Crippen molar-refractivity contribution in [1.29, 1.82) is 0 Å². The SMILES string of the molecule is Cc1nc2ccccc2n1CCC1CCCC1=O. The van der Waals surface area contributed by atoms with Crippen LogP contribution in [-0.4, -0.2) is 15.3 Å². The number of nitrogens with zero attached hydrogens (tertiary/aromatic N) is 2. The Morgan fingerprint density at radius 3 is 3.00 bits per heavy atom. The summed E-state index contributed by atoms with van der Waals surface area (Å²) in [7, 11) is 0. The fraction of sp³-hybridized carbons (Fsp3) is 0.467. The highest BCUT2D eigenvalue weighted by Gasteiger charge is 2.24. The van der Waals surface area contributed by atoms with E-state index in [9.17, 15) is 4.79 Å². The molecule has 1 aromatic heterocycles.